The molecule has 0 atom stereocenters. The van der Waals surface area contributed by atoms with E-state index in [0.717, 1.165) is 10.5 Å². The molecule has 1 aromatic heterocycles. The summed E-state index contributed by atoms with van der Waals surface area (Å²) in [5.74, 6) is -0.00796. The molecule has 0 saturated carbocycles. The molecule has 0 aliphatic rings. The van der Waals surface area contributed by atoms with Crippen LogP contribution in [0.15, 0.2) is 47.3 Å². The van der Waals surface area contributed by atoms with Crippen molar-refractivity contribution in [1.29, 1.82) is 0 Å². The molecule has 0 unspecified atom stereocenters. The summed E-state index contributed by atoms with van der Waals surface area (Å²) in [5.41, 5.74) is 0.944. The van der Waals surface area contributed by atoms with Crippen LogP contribution in [0.2, 0.25) is 0 Å². The van der Waals surface area contributed by atoms with Gasteiger partial charge >= 0.3 is 0 Å². The van der Waals surface area contributed by atoms with Crippen molar-refractivity contribution in [2.75, 3.05) is 7.11 Å². The maximum Gasteiger partial charge on any atom is 0.167 e. The van der Waals surface area contributed by atoms with E-state index in [2.05, 4.69) is 6.58 Å². The number of rotatable bonds is 5. The predicted octanol–water partition coefficient (Wildman–Crippen LogP) is 3.32. The maximum absolute atomic E-state index is 10.5. The Bertz CT molecular complexity index is 467. The van der Waals surface area contributed by atoms with E-state index in [0.29, 0.717) is 6.29 Å². The minimum atomic E-state index is -0.238. The Morgan fingerprint density at radius 2 is 2.29 bits per heavy atom. The number of aliphatic hydroxyl groups excluding tert-OH is 1. The number of hydrogen-bond donors (Lipinski definition) is 1. The molecule has 0 aliphatic carbocycles. The van der Waals surface area contributed by atoms with Gasteiger partial charge in [0.25, 0.3) is 0 Å². The number of carbonyl (C=O) groups is 1. The molecule has 0 spiro atoms. The van der Waals surface area contributed by atoms with Crippen molar-refractivity contribution in [1.82, 2.24) is 0 Å². The third kappa shape index (κ3) is 3.32. The summed E-state index contributed by atoms with van der Waals surface area (Å²) in [7, 11) is 1.43. The first-order valence-electron chi connectivity index (χ1n) is 4.94. The molecule has 17 heavy (non-hydrogen) atoms. The standard InChI is InChI=1S/C13H14O3S/c1-9(12-5-4-6-17-12)7-11(16-3)13(15)10(2)8-14/h4-8,15H,2H2,1,3H3/b9-7+,13-11-. The van der Waals surface area contributed by atoms with Gasteiger partial charge in [-0.3, -0.25) is 4.79 Å². The van der Waals surface area contributed by atoms with E-state index in [4.69, 9.17) is 4.74 Å². The minimum Gasteiger partial charge on any atom is -0.504 e. The van der Waals surface area contributed by atoms with E-state index in [9.17, 15) is 9.90 Å². The van der Waals surface area contributed by atoms with Crippen LogP contribution in [0.4, 0.5) is 0 Å². The molecule has 3 nitrogen and oxygen atoms in total. The molecule has 0 radical (unpaired) electrons. The van der Waals surface area contributed by atoms with Gasteiger partial charge in [0.2, 0.25) is 0 Å². The van der Waals surface area contributed by atoms with Crippen molar-refractivity contribution in [3.05, 3.63) is 52.1 Å². The van der Waals surface area contributed by atoms with Crippen molar-refractivity contribution in [3.63, 3.8) is 0 Å². The summed E-state index contributed by atoms with van der Waals surface area (Å²) >= 11 is 1.59. The average molecular weight is 250 g/mol. The van der Waals surface area contributed by atoms with Gasteiger partial charge in [-0.2, -0.15) is 0 Å². The van der Waals surface area contributed by atoms with Crippen molar-refractivity contribution in [2.24, 2.45) is 0 Å². The third-order valence-corrected chi connectivity index (χ3v) is 3.16. The summed E-state index contributed by atoms with van der Waals surface area (Å²) < 4.78 is 5.04. The van der Waals surface area contributed by atoms with Crippen molar-refractivity contribution in [2.45, 2.75) is 6.92 Å². The van der Waals surface area contributed by atoms with E-state index >= 15 is 0 Å². The maximum atomic E-state index is 10.5. The Labute approximate surface area is 104 Å². The average Bonchev–Trinajstić information content (AvgIpc) is 2.87. The molecule has 0 fully saturated rings. The molecule has 1 N–H and O–H groups in total. The predicted molar refractivity (Wildman–Crippen MR) is 69.8 cm³/mol. The first-order chi connectivity index (χ1) is 8.10. The lowest BCUT2D eigenvalue weighted by Gasteiger charge is -2.06. The Kier molecular flexibility index (Phi) is 4.72. The molecule has 90 valence electrons. The van der Waals surface area contributed by atoms with Crippen LogP contribution in [0, 0.1) is 0 Å². The van der Waals surface area contributed by atoms with Crippen molar-refractivity contribution in [3.8, 4) is 0 Å². The fourth-order valence-electron chi connectivity index (χ4n) is 1.21. The molecule has 0 aromatic carbocycles. The molecular formula is C13H14O3S. The van der Waals surface area contributed by atoms with Gasteiger partial charge in [0.1, 0.15) is 0 Å². The van der Waals surface area contributed by atoms with Crippen LogP contribution in [0.5, 0.6) is 0 Å². The Morgan fingerprint density at radius 1 is 1.59 bits per heavy atom. The van der Waals surface area contributed by atoms with Crippen molar-refractivity contribution < 1.29 is 14.6 Å². The van der Waals surface area contributed by atoms with Crippen LogP contribution in [-0.2, 0) is 9.53 Å². The number of hydrogen-bond acceptors (Lipinski definition) is 4. The van der Waals surface area contributed by atoms with E-state index in [-0.39, 0.29) is 17.1 Å². The summed E-state index contributed by atoms with van der Waals surface area (Å²) in [4.78, 5) is 11.6. The summed E-state index contributed by atoms with van der Waals surface area (Å²) in [5, 5.41) is 11.7. The normalized spacial score (nSPS) is 12.9. The molecular weight excluding hydrogens is 236 g/mol. The van der Waals surface area contributed by atoms with E-state index in [1.54, 1.807) is 17.4 Å². The lowest BCUT2D eigenvalue weighted by molar-refractivity contribution is -0.104. The van der Waals surface area contributed by atoms with Gasteiger partial charge in [-0.25, -0.2) is 0 Å². The van der Waals surface area contributed by atoms with Crippen LogP contribution in [-0.4, -0.2) is 18.5 Å². The minimum absolute atomic E-state index is 0.00270. The molecule has 4 heteroatoms. The highest BCUT2D eigenvalue weighted by molar-refractivity contribution is 7.11. The zero-order chi connectivity index (χ0) is 12.8. The highest BCUT2D eigenvalue weighted by atomic mass is 32.1. The second-order valence-electron chi connectivity index (χ2n) is 3.36. The first-order valence-corrected chi connectivity index (χ1v) is 5.82. The number of thiophene rings is 1. The lowest BCUT2D eigenvalue weighted by Crippen LogP contribution is -1.96. The Morgan fingerprint density at radius 3 is 2.76 bits per heavy atom. The SMILES string of the molecule is C=C(C=O)/C(O)=C(\C=C(/C)c1cccs1)OC. The number of allylic oxidation sites excluding steroid dienone is 3. The molecule has 0 saturated heterocycles. The fourth-order valence-corrected chi connectivity index (χ4v) is 1.91. The summed E-state index contributed by atoms with van der Waals surface area (Å²) in [6.07, 6.45) is 2.17. The van der Waals surface area contributed by atoms with Crippen molar-refractivity contribution >= 4 is 23.2 Å². The van der Waals surface area contributed by atoms with Gasteiger partial charge in [0.15, 0.2) is 17.8 Å². The molecule has 0 amide bonds. The quantitative estimate of drug-likeness (QED) is 0.377. The number of aldehydes is 1. The number of methoxy groups -OCH3 is 1. The Balaban J connectivity index is 3.09. The van der Waals surface area contributed by atoms with Crippen LogP contribution in [0.1, 0.15) is 11.8 Å². The molecule has 1 rings (SSSR count). The number of aliphatic hydroxyl groups is 1. The zero-order valence-electron chi connectivity index (χ0n) is 9.77. The highest BCUT2D eigenvalue weighted by Crippen LogP contribution is 2.22. The lowest BCUT2D eigenvalue weighted by atomic mass is 10.2. The van der Waals surface area contributed by atoms with Crippen LogP contribution in [0.3, 0.4) is 0 Å². The topological polar surface area (TPSA) is 46.5 Å². The third-order valence-electron chi connectivity index (χ3n) is 2.16. The van der Waals surface area contributed by atoms with Crippen LogP contribution >= 0.6 is 11.3 Å². The molecule has 1 heterocycles. The van der Waals surface area contributed by atoms with Crippen LogP contribution in [0.25, 0.3) is 5.57 Å². The van der Waals surface area contributed by atoms with E-state index < -0.39 is 0 Å². The number of ether oxygens (including phenoxy) is 1. The van der Waals surface area contributed by atoms with Gasteiger partial charge in [0.05, 0.1) is 12.7 Å². The second kappa shape index (κ2) is 6.06. The highest BCUT2D eigenvalue weighted by Gasteiger charge is 2.08. The first kappa shape index (κ1) is 13.3. The van der Waals surface area contributed by atoms with Gasteiger partial charge in [-0.15, -0.1) is 11.3 Å². The summed E-state index contributed by atoms with van der Waals surface area (Å²) in [6, 6.07) is 3.91. The summed E-state index contributed by atoms with van der Waals surface area (Å²) in [6.45, 7) is 5.33. The zero-order valence-corrected chi connectivity index (χ0v) is 10.6. The molecule has 0 bridgehead atoms. The monoisotopic (exact) mass is 250 g/mol. The Hall–Kier alpha value is -1.81. The van der Waals surface area contributed by atoms with Gasteiger partial charge in [-0.1, -0.05) is 12.6 Å². The van der Waals surface area contributed by atoms with E-state index in [1.807, 2.05) is 24.4 Å². The van der Waals surface area contributed by atoms with Crippen LogP contribution < -0.4 is 0 Å². The number of carbonyl (C=O) groups excluding carboxylic acids is 1. The smallest absolute Gasteiger partial charge is 0.167 e. The van der Waals surface area contributed by atoms with Gasteiger partial charge in [-0.05, 0) is 30.0 Å². The van der Waals surface area contributed by atoms with E-state index in [1.165, 1.54) is 7.11 Å². The molecule has 1 aromatic rings. The van der Waals surface area contributed by atoms with Gasteiger partial charge < -0.3 is 9.84 Å². The fraction of sp³-hybridized carbons (Fsp3) is 0.154. The molecule has 0 aliphatic heterocycles. The largest absolute Gasteiger partial charge is 0.504 e. The second-order valence-corrected chi connectivity index (χ2v) is 4.31. The van der Waals surface area contributed by atoms with Gasteiger partial charge in [0, 0.05) is 4.88 Å².